The van der Waals surface area contributed by atoms with Crippen LogP contribution in [0, 0.1) is 20.8 Å². The van der Waals surface area contributed by atoms with Crippen LogP contribution in [-0.4, -0.2) is 6.54 Å². The zero-order chi connectivity index (χ0) is 14.0. The van der Waals surface area contributed by atoms with Gasteiger partial charge in [0.2, 0.25) is 0 Å². The van der Waals surface area contributed by atoms with E-state index in [2.05, 4.69) is 31.3 Å². The van der Waals surface area contributed by atoms with Gasteiger partial charge in [-0.2, -0.15) is 0 Å². The summed E-state index contributed by atoms with van der Waals surface area (Å²) < 4.78 is 5.66. The van der Waals surface area contributed by atoms with Crippen molar-refractivity contribution in [1.29, 1.82) is 0 Å². The standard InChI is InChI=1S/C16H20ClNO/c1-5-18-16(15-8-11(3)19-12(15)4)14-9-13(17)7-6-10(14)2/h6-9,16,18H,5H2,1-4H3. The average molecular weight is 278 g/mol. The first-order valence-corrected chi connectivity index (χ1v) is 6.97. The Morgan fingerprint density at radius 2 is 1.89 bits per heavy atom. The average Bonchev–Trinajstić information content (AvgIpc) is 2.69. The van der Waals surface area contributed by atoms with Gasteiger partial charge in [-0.25, -0.2) is 0 Å². The molecule has 1 aromatic carbocycles. The van der Waals surface area contributed by atoms with E-state index in [9.17, 15) is 0 Å². The van der Waals surface area contributed by atoms with E-state index in [0.29, 0.717) is 0 Å². The number of rotatable bonds is 4. The molecule has 1 N–H and O–H groups in total. The third-order valence-electron chi connectivity index (χ3n) is 3.35. The molecule has 1 atom stereocenters. The lowest BCUT2D eigenvalue weighted by molar-refractivity contribution is 0.495. The van der Waals surface area contributed by atoms with E-state index in [1.165, 1.54) is 16.7 Å². The van der Waals surface area contributed by atoms with E-state index in [0.717, 1.165) is 23.1 Å². The maximum Gasteiger partial charge on any atom is 0.106 e. The van der Waals surface area contributed by atoms with E-state index in [1.54, 1.807) is 0 Å². The van der Waals surface area contributed by atoms with Crippen LogP contribution in [0.5, 0.6) is 0 Å². The largest absolute Gasteiger partial charge is 0.466 e. The molecule has 0 saturated carbocycles. The van der Waals surface area contributed by atoms with Crippen LogP contribution in [0.3, 0.4) is 0 Å². The molecule has 0 fully saturated rings. The Balaban J connectivity index is 2.51. The number of benzene rings is 1. The fourth-order valence-electron chi connectivity index (χ4n) is 2.45. The van der Waals surface area contributed by atoms with Crippen LogP contribution in [0.4, 0.5) is 0 Å². The van der Waals surface area contributed by atoms with Crippen molar-refractivity contribution in [1.82, 2.24) is 5.32 Å². The van der Waals surface area contributed by atoms with Gasteiger partial charge in [0.1, 0.15) is 11.5 Å². The lowest BCUT2D eigenvalue weighted by Crippen LogP contribution is -2.23. The third kappa shape index (κ3) is 3.02. The number of nitrogens with one attached hydrogen (secondary N) is 1. The molecule has 0 amide bonds. The lowest BCUT2D eigenvalue weighted by atomic mass is 9.95. The molecule has 0 aliphatic heterocycles. The predicted molar refractivity (Wildman–Crippen MR) is 79.9 cm³/mol. The fraction of sp³-hybridized carbons (Fsp3) is 0.375. The molecule has 2 aromatic rings. The molecule has 0 radical (unpaired) electrons. The molecule has 0 aliphatic rings. The van der Waals surface area contributed by atoms with E-state index >= 15 is 0 Å². The van der Waals surface area contributed by atoms with Crippen LogP contribution in [0.2, 0.25) is 5.02 Å². The highest BCUT2D eigenvalue weighted by Crippen LogP contribution is 2.30. The highest BCUT2D eigenvalue weighted by molar-refractivity contribution is 6.30. The summed E-state index contributed by atoms with van der Waals surface area (Å²) in [6.07, 6.45) is 0. The SMILES string of the molecule is CCNC(c1cc(Cl)ccc1C)c1cc(C)oc1C. The summed E-state index contributed by atoms with van der Waals surface area (Å²) in [5, 5.41) is 4.28. The van der Waals surface area contributed by atoms with E-state index in [1.807, 2.05) is 26.0 Å². The van der Waals surface area contributed by atoms with Crippen LogP contribution in [0.15, 0.2) is 28.7 Å². The van der Waals surface area contributed by atoms with Gasteiger partial charge in [-0.1, -0.05) is 24.6 Å². The van der Waals surface area contributed by atoms with Gasteiger partial charge < -0.3 is 9.73 Å². The van der Waals surface area contributed by atoms with Gasteiger partial charge in [0, 0.05) is 10.6 Å². The second kappa shape index (κ2) is 5.81. The first-order valence-electron chi connectivity index (χ1n) is 6.59. The van der Waals surface area contributed by atoms with E-state index < -0.39 is 0 Å². The highest BCUT2D eigenvalue weighted by atomic mass is 35.5. The second-order valence-corrected chi connectivity index (χ2v) is 5.30. The zero-order valence-electron chi connectivity index (χ0n) is 11.9. The van der Waals surface area contributed by atoms with Crippen LogP contribution in [-0.2, 0) is 0 Å². The van der Waals surface area contributed by atoms with Crippen LogP contribution in [0.1, 0.15) is 41.2 Å². The van der Waals surface area contributed by atoms with Gasteiger partial charge in [-0.15, -0.1) is 0 Å². The number of hydrogen-bond acceptors (Lipinski definition) is 2. The van der Waals surface area contributed by atoms with Crippen molar-refractivity contribution in [3.63, 3.8) is 0 Å². The molecule has 0 bridgehead atoms. The molecular weight excluding hydrogens is 258 g/mol. The zero-order valence-corrected chi connectivity index (χ0v) is 12.6. The van der Waals surface area contributed by atoms with E-state index in [-0.39, 0.29) is 6.04 Å². The molecule has 1 aromatic heterocycles. The Hall–Kier alpha value is -1.25. The Bertz CT molecular complexity index is 574. The minimum Gasteiger partial charge on any atom is -0.466 e. The monoisotopic (exact) mass is 277 g/mol. The summed E-state index contributed by atoms with van der Waals surface area (Å²) in [7, 11) is 0. The molecule has 2 rings (SSSR count). The number of halogens is 1. The Morgan fingerprint density at radius 1 is 1.16 bits per heavy atom. The van der Waals surface area contributed by atoms with Gasteiger partial charge >= 0.3 is 0 Å². The van der Waals surface area contributed by atoms with Crippen LogP contribution < -0.4 is 5.32 Å². The van der Waals surface area contributed by atoms with Crippen molar-refractivity contribution in [3.8, 4) is 0 Å². The van der Waals surface area contributed by atoms with Crippen molar-refractivity contribution >= 4 is 11.6 Å². The minimum atomic E-state index is 0.126. The van der Waals surface area contributed by atoms with Crippen molar-refractivity contribution in [3.05, 3.63) is 57.5 Å². The van der Waals surface area contributed by atoms with Crippen LogP contribution in [0.25, 0.3) is 0 Å². The summed E-state index contributed by atoms with van der Waals surface area (Å²) in [6.45, 7) is 9.09. The van der Waals surface area contributed by atoms with Crippen LogP contribution >= 0.6 is 11.6 Å². The fourth-order valence-corrected chi connectivity index (χ4v) is 2.63. The van der Waals surface area contributed by atoms with E-state index in [4.69, 9.17) is 16.0 Å². The van der Waals surface area contributed by atoms with Gasteiger partial charge in [0.05, 0.1) is 6.04 Å². The number of aryl methyl sites for hydroxylation is 3. The molecule has 19 heavy (non-hydrogen) atoms. The summed E-state index contributed by atoms with van der Waals surface area (Å²) in [5.74, 6) is 1.90. The summed E-state index contributed by atoms with van der Waals surface area (Å²) in [6, 6.07) is 8.25. The van der Waals surface area contributed by atoms with Gasteiger partial charge in [-0.05, 0) is 56.6 Å². The number of furan rings is 1. The maximum absolute atomic E-state index is 6.14. The third-order valence-corrected chi connectivity index (χ3v) is 3.59. The molecular formula is C16H20ClNO. The Kier molecular flexibility index (Phi) is 4.33. The minimum absolute atomic E-state index is 0.126. The van der Waals surface area contributed by atoms with Crippen molar-refractivity contribution < 1.29 is 4.42 Å². The molecule has 3 heteroatoms. The Morgan fingerprint density at radius 3 is 2.47 bits per heavy atom. The molecule has 1 unspecified atom stereocenters. The molecule has 0 aliphatic carbocycles. The maximum atomic E-state index is 6.14. The summed E-state index contributed by atoms with van der Waals surface area (Å²) >= 11 is 6.14. The predicted octanol–water partition coefficient (Wildman–Crippen LogP) is 4.56. The van der Waals surface area contributed by atoms with Gasteiger partial charge in [0.25, 0.3) is 0 Å². The highest BCUT2D eigenvalue weighted by Gasteiger charge is 2.20. The molecule has 102 valence electrons. The van der Waals surface area contributed by atoms with Gasteiger partial charge in [0.15, 0.2) is 0 Å². The first-order chi connectivity index (χ1) is 9.02. The topological polar surface area (TPSA) is 25.2 Å². The second-order valence-electron chi connectivity index (χ2n) is 4.86. The number of hydrogen-bond donors (Lipinski definition) is 1. The summed E-state index contributed by atoms with van der Waals surface area (Å²) in [5.41, 5.74) is 3.62. The van der Waals surface area contributed by atoms with Crippen molar-refractivity contribution in [2.45, 2.75) is 33.7 Å². The van der Waals surface area contributed by atoms with Gasteiger partial charge in [-0.3, -0.25) is 0 Å². The summed E-state index contributed by atoms with van der Waals surface area (Å²) in [4.78, 5) is 0. The lowest BCUT2D eigenvalue weighted by Gasteiger charge is -2.20. The smallest absolute Gasteiger partial charge is 0.106 e. The van der Waals surface area contributed by atoms with Crippen molar-refractivity contribution in [2.75, 3.05) is 6.54 Å². The normalized spacial score (nSPS) is 12.7. The Labute approximate surface area is 119 Å². The molecule has 0 spiro atoms. The first kappa shape index (κ1) is 14.2. The quantitative estimate of drug-likeness (QED) is 0.886. The molecule has 1 heterocycles. The van der Waals surface area contributed by atoms with Crippen molar-refractivity contribution in [2.24, 2.45) is 0 Å². The molecule has 2 nitrogen and oxygen atoms in total. The molecule has 0 saturated heterocycles.